The Labute approximate surface area is 205 Å². The Morgan fingerprint density at radius 3 is 2.67 bits per heavy atom. The van der Waals surface area contributed by atoms with E-state index in [-0.39, 0.29) is 11.6 Å². The lowest BCUT2D eigenvalue weighted by Crippen LogP contribution is -2.26. The Hall–Kier alpha value is -4.79. The number of aryl methyl sites for hydroxylation is 1. The Morgan fingerprint density at radius 1 is 1.00 bits per heavy atom. The molecule has 6 rings (SSSR count). The molecular formula is C27H22FN7O. The van der Waals surface area contributed by atoms with Crippen LogP contribution in [-0.2, 0) is 7.05 Å². The monoisotopic (exact) mass is 479 g/mol. The Kier molecular flexibility index (Phi) is 5.10. The van der Waals surface area contributed by atoms with Crippen LogP contribution in [0.1, 0.15) is 18.7 Å². The van der Waals surface area contributed by atoms with Crippen LogP contribution in [0, 0.1) is 5.82 Å². The maximum absolute atomic E-state index is 14.3. The first-order chi connectivity index (χ1) is 17.5. The summed E-state index contributed by atoms with van der Waals surface area (Å²) >= 11 is 0. The van der Waals surface area contributed by atoms with Gasteiger partial charge in [-0.2, -0.15) is 14.7 Å². The molecule has 0 fully saturated rings. The molecular weight excluding hydrogens is 457 g/mol. The number of halogens is 1. The summed E-state index contributed by atoms with van der Waals surface area (Å²) in [7, 11) is 1.83. The van der Waals surface area contributed by atoms with Crippen molar-refractivity contribution in [1.29, 1.82) is 0 Å². The number of fused-ring (bicyclic) bond motifs is 2. The highest BCUT2D eigenvalue weighted by molar-refractivity contribution is 5.96. The van der Waals surface area contributed by atoms with Gasteiger partial charge in [-0.3, -0.25) is 14.0 Å². The maximum Gasteiger partial charge on any atom is 0.263 e. The van der Waals surface area contributed by atoms with Crippen LogP contribution < -0.4 is 10.9 Å². The summed E-state index contributed by atoms with van der Waals surface area (Å²) in [5, 5.41) is 13.4. The van der Waals surface area contributed by atoms with Gasteiger partial charge in [-0.1, -0.05) is 24.3 Å². The van der Waals surface area contributed by atoms with Crippen molar-refractivity contribution < 1.29 is 4.39 Å². The Balaban J connectivity index is 1.59. The quantitative estimate of drug-likeness (QED) is 0.386. The number of rotatable bonds is 5. The second-order valence-corrected chi connectivity index (χ2v) is 8.66. The molecule has 36 heavy (non-hydrogen) atoms. The molecule has 0 unspecified atom stereocenters. The number of hydrogen-bond donors (Lipinski definition) is 1. The van der Waals surface area contributed by atoms with Crippen LogP contribution in [0.15, 0.2) is 90.2 Å². The van der Waals surface area contributed by atoms with E-state index in [9.17, 15) is 9.18 Å². The van der Waals surface area contributed by atoms with E-state index in [2.05, 4.69) is 20.5 Å². The summed E-state index contributed by atoms with van der Waals surface area (Å²) in [5.41, 5.74) is 3.21. The SMILES string of the molecule is C[C@H](Nc1ccnc2ccnn12)c1cc2cccc(-c3cnn(C)c3)c2c(=O)n1-c1cccc(F)c1. The number of anilines is 1. The standard InChI is InChI=1S/C27H22FN7O/c1-17(32-25-9-11-29-24-10-12-30-35(24)25)23-13-18-5-3-8-22(19-15-31-33(2)16-19)26(18)27(36)34(23)21-7-4-6-20(28)14-21/h3-17,32H,1-2H3/t17-/m0/s1. The fraction of sp³-hybridized carbons (Fsp3) is 0.111. The molecule has 0 aliphatic heterocycles. The van der Waals surface area contributed by atoms with Crippen molar-refractivity contribution in [1.82, 2.24) is 28.9 Å². The van der Waals surface area contributed by atoms with Crippen molar-refractivity contribution >= 4 is 22.2 Å². The lowest BCUT2D eigenvalue weighted by atomic mass is 9.99. The predicted octanol–water partition coefficient (Wildman–Crippen LogP) is 4.75. The van der Waals surface area contributed by atoms with Crippen LogP contribution in [-0.4, -0.2) is 28.9 Å². The van der Waals surface area contributed by atoms with Gasteiger partial charge in [0.2, 0.25) is 0 Å². The third-order valence-corrected chi connectivity index (χ3v) is 6.26. The number of nitrogens with zero attached hydrogens (tertiary/aromatic N) is 6. The minimum atomic E-state index is -0.418. The van der Waals surface area contributed by atoms with Crippen LogP contribution in [0.5, 0.6) is 0 Å². The van der Waals surface area contributed by atoms with Crippen molar-refractivity contribution in [3.63, 3.8) is 0 Å². The average Bonchev–Trinajstić information content (AvgIpc) is 3.53. The molecule has 0 radical (unpaired) electrons. The number of nitrogens with one attached hydrogen (secondary N) is 1. The van der Waals surface area contributed by atoms with Gasteiger partial charge in [-0.05, 0) is 48.2 Å². The lowest BCUT2D eigenvalue weighted by Gasteiger charge is -2.22. The summed E-state index contributed by atoms with van der Waals surface area (Å²) in [6.45, 7) is 1.96. The molecule has 6 aromatic rings. The van der Waals surface area contributed by atoms with Crippen LogP contribution in [0.2, 0.25) is 0 Å². The van der Waals surface area contributed by atoms with E-state index in [1.807, 2.05) is 56.6 Å². The van der Waals surface area contributed by atoms with E-state index >= 15 is 0 Å². The van der Waals surface area contributed by atoms with Gasteiger partial charge in [-0.15, -0.1) is 0 Å². The summed E-state index contributed by atoms with van der Waals surface area (Å²) in [4.78, 5) is 18.5. The van der Waals surface area contributed by atoms with Gasteiger partial charge in [0, 0.05) is 36.8 Å². The van der Waals surface area contributed by atoms with Crippen LogP contribution >= 0.6 is 0 Å². The first-order valence-corrected chi connectivity index (χ1v) is 11.5. The Bertz CT molecular complexity index is 1800. The molecule has 1 atom stereocenters. The second kappa shape index (κ2) is 8.46. The van der Waals surface area contributed by atoms with Crippen molar-refractivity contribution in [2.24, 2.45) is 7.05 Å². The molecule has 0 saturated carbocycles. The highest BCUT2D eigenvalue weighted by atomic mass is 19.1. The fourth-order valence-electron chi connectivity index (χ4n) is 4.62. The van der Waals surface area contributed by atoms with E-state index in [0.717, 1.165) is 22.3 Å². The van der Waals surface area contributed by atoms with Crippen molar-refractivity contribution in [2.45, 2.75) is 13.0 Å². The molecule has 8 nitrogen and oxygen atoms in total. The minimum absolute atomic E-state index is 0.236. The molecule has 4 heterocycles. The molecule has 4 aromatic heterocycles. The van der Waals surface area contributed by atoms with Crippen LogP contribution in [0.25, 0.3) is 33.2 Å². The predicted molar refractivity (Wildman–Crippen MR) is 137 cm³/mol. The van der Waals surface area contributed by atoms with Crippen LogP contribution in [0.3, 0.4) is 0 Å². The second-order valence-electron chi connectivity index (χ2n) is 8.66. The molecule has 1 N–H and O–H groups in total. The van der Waals surface area contributed by atoms with Gasteiger partial charge in [0.15, 0.2) is 5.65 Å². The zero-order valence-corrected chi connectivity index (χ0v) is 19.6. The van der Waals surface area contributed by atoms with E-state index in [0.29, 0.717) is 22.4 Å². The Morgan fingerprint density at radius 2 is 1.86 bits per heavy atom. The largest absolute Gasteiger partial charge is 0.362 e. The molecule has 9 heteroatoms. The van der Waals surface area contributed by atoms with Gasteiger partial charge in [0.25, 0.3) is 5.56 Å². The zero-order chi connectivity index (χ0) is 24.8. The average molecular weight is 480 g/mol. The summed E-state index contributed by atoms with van der Waals surface area (Å²) in [6, 6.07) is 17.1. The van der Waals surface area contributed by atoms with E-state index in [1.54, 1.807) is 44.5 Å². The summed E-state index contributed by atoms with van der Waals surface area (Å²) < 4.78 is 19.3. The van der Waals surface area contributed by atoms with Gasteiger partial charge in [0.1, 0.15) is 11.6 Å². The van der Waals surface area contributed by atoms with Crippen molar-refractivity contribution in [2.75, 3.05) is 5.32 Å². The molecule has 0 amide bonds. The fourth-order valence-corrected chi connectivity index (χ4v) is 4.62. The smallest absolute Gasteiger partial charge is 0.263 e. The molecule has 0 saturated heterocycles. The van der Waals surface area contributed by atoms with Gasteiger partial charge in [-0.25, -0.2) is 9.37 Å². The topological polar surface area (TPSA) is 82.0 Å². The minimum Gasteiger partial charge on any atom is -0.362 e. The molecule has 178 valence electrons. The highest BCUT2D eigenvalue weighted by Gasteiger charge is 2.20. The number of aromatic nitrogens is 6. The number of benzene rings is 2. The highest BCUT2D eigenvalue weighted by Crippen LogP contribution is 2.30. The number of pyridine rings is 1. The van der Waals surface area contributed by atoms with Crippen molar-refractivity contribution in [3.8, 4) is 16.8 Å². The van der Waals surface area contributed by atoms with Crippen molar-refractivity contribution in [3.05, 3.63) is 107 Å². The lowest BCUT2D eigenvalue weighted by molar-refractivity contribution is 0.625. The van der Waals surface area contributed by atoms with Gasteiger partial charge >= 0.3 is 0 Å². The summed E-state index contributed by atoms with van der Waals surface area (Å²) in [6.07, 6.45) is 6.98. The molecule has 0 aliphatic rings. The molecule has 0 spiro atoms. The molecule has 0 bridgehead atoms. The summed E-state index contributed by atoms with van der Waals surface area (Å²) in [5.74, 6) is 0.305. The maximum atomic E-state index is 14.3. The third-order valence-electron chi connectivity index (χ3n) is 6.26. The van der Waals surface area contributed by atoms with Gasteiger partial charge in [0.05, 0.1) is 29.5 Å². The number of hydrogen-bond acceptors (Lipinski definition) is 5. The van der Waals surface area contributed by atoms with Gasteiger partial charge < -0.3 is 5.32 Å². The van der Waals surface area contributed by atoms with E-state index in [1.165, 1.54) is 12.1 Å². The molecule has 2 aromatic carbocycles. The first kappa shape index (κ1) is 21.7. The van der Waals surface area contributed by atoms with E-state index < -0.39 is 5.82 Å². The third kappa shape index (κ3) is 3.61. The zero-order valence-electron chi connectivity index (χ0n) is 19.6. The van der Waals surface area contributed by atoms with Crippen LogP contribution in [0.4, 0.5) is 10.2 Å². The first-order valence-electron chi connectivity index (χ1n) is 11.5. The normalized spacial score (nSPS) is 12.3. The molecule has 0 aliphatic carbocycles. The van der Waals surface area contributed by atoms with E-state index in [4.69, 9.17) is 0 Å².